The van der Waals surface area contributed by atoms with E-state index in [4.69, 9.17) is 56.5 Å². The number of tetrazole rings is 1. The number of hydrogen-bond acceptors (Lipinski definition) is 16. The van der Waals surface area contributed by atoms with Crippen LogP contribution in [0.5, 0.6) is 0 Å². The molecule has 3 heterocycles. The zero-order valence-corrected chi connectivity index (χ0v) is 58.2. The van der Waals surface area contributed by atoms with Crippen LogP contribution in [0.25, 0.3) is 31.5 Å². The van der Waals surface area contributed by atoms with Crippen LogP contribution in [0.4, 0.5) is 0 Å². The Morgan fingerprint density at radius 1 is 0.610 bits per heavy atom. The molecule has 82 heavy (non-hydrogen) atoms. The SMILES string of the molecule is O=Cc1cn(CCOCCOCCO)c2ccccc12.[B]I(I)I.[C-]#[N+]CCOP(N(C(C)C)C(C)C)N(C(C)C)C(C)C.[C-]#[N+]CCOP(OCCOCCOCCn1cc(C=O)c2ccccc21)N(C(C)C)C(C)C.c1nn[nH]n1. The van der Waals surface area contributed by atoms with Gasteiger partial charge in [-0.2, -0.15) is 5.21 Å². The summed E-state index contributed by atoms with van der Waals surface area (Å²) in [6.07, 6.45) is 6.81. The molecule has 2 radical (unpaired) electrons. The molecule has 2 aromatic carbocycles. The van der Waals surface area contributed by atoms with E-state index in [1.54, 1.807) is 0 Å². The first kappa shape index (κ1) is 77.6. The van der Waals surface area contributed by atoms with Gasteiger partial charge in [-0.3, -0.25) is 9.59 Å². The van der Waals surface area contributed by atoms with E-state index < -0.39 is 28.6 Å². The molecule has 0 saturated carbocycles. The van der Waals surface area contributed by atoms with E-state index in [0.29, 0.717) is 134 Å². The van der Waals surface area contributed by atoms with Crippen LogP contribution in [-0.2, 0) is 45.6 Å². The summed E-state index contributed by atoms with van der Waals surface area (Å²) in [5.74, 6) is 0. The van der Waals surface area contributed by atoms with Crippen LogP contribution in [0.1, 0.15) is 104 Å². The van der Waals surface area contributed by atoms with Crippen LogP contribution in [-0.4, -0.2) is 196 Å². The maximum Gasteiger partial charge on any atom is 0.259 e. The number of rotatable bonds is 35. The molecule has 3 aromatic heterocycles. The average Bonchev–Trinajstić information content (AvgIpc) is 4.29. The Morgan fingerprint density at radius 2 is 0.988 bits per heavy atom. The van der Waals surface area contributed by atoms with E-state index in [1.165, 1.54) is 6.33 Å². The maximum absolute atomic E-state index is 11.3. The fourth-order valence-electron chi connectivity index (χ4n) is 8.16. The van der Waals surface area contributed by atoms with Gasteiger partial charge in [0, 0.05) is 94.7 Å². The van der Waals surface area contributed by atoms with Gasteiger partial charge in [0.25, 0.3) is 8.53 Å². The van der Waals surface area contributed by atoms with Crippen LogP contribution in [0.2, 0.25) is 0 Å². The summed E-state index contributed by atoms with van der Waals surface area (Å²) < 4.78 is 51.0. The Labute approximate surface area is 518 Å². The Balaban J connectivity index is 0.000000591. The number of carbonyl (C=O) groups is 2. The molecule has 2 N–H and O–H groups in total. The minimum atomic E-state index is -1.23. The van der Waals surface area contributed by atoms with Crippen molar-refractivity contribution < 1.29 is 47.2 Å². The van der Waals surface area contributed by atoms with Crippen molar-refractivity contribution in [3.63, 3.8) is 0 Å². The second-order valence-corrected chi connectivity index (χ2v) is 45.9. The molecular formula is C55H89BI3N11O10P2. The summed E-state index contributed by atoms with van der Waals surface area (Å²) in [6.45, 7) is 47.3. The summed E-state index contributed by atoms with van der Waals surface area (Å²) in [5, 5.41) is 22.6. The number of halogens is 3. The Morgan fingerprint density at radius 3 is 1.34 bits per heavy atom. The number of fused-ring (bicyclic) bond motifs is 2. The molecule has 0 fully saturated rings. The van der Waals surface area contributed by atoms with Crippen LogP contribution >= 0.6 is 65.9 Å². The summed E-state index contributed by atoms with van der Waals surface area (Å²) in [7, 11) is -2.07. The molecule has 0 saturated heterocycles. The van der Waals surface area contributed by atoms with Crippen molar-refractivity contribution in [1.29, 1.82) is 0 Å². The predicted molar refractivity (Wildman–Crippen MR) is 358 cm³/mol. The van der Waals surface area contributed by atoms with Gasteiger partial charge >= 0.3 is 54.6 Å². The number of H-pyrrole nitrogens is 1. The number of para-hydroxylation sites is 2. The number of nitrogens with zero attached hydrogens (tertiary/aromatic N) is 10. The average molecular weight is 1520 g/mol. The fraction of sp³-hybridized carbons (Fsp3) is 0.618. The van der Waals surface area contributed by atoms with E-state index in [-0.39, 0.29) is 18.7 Å². The van der Waals surface area contributed by atoms with E-state index in [0.717, 1.165) is 34.4 Å². The van der Waals surface area contributed by atoms with Crippen LogP contribution in [0.3, 0.4) is 0 Å². The molecular weight excluding hydrogens is 1430 g/mol. The molecule has 27 heteroatoms. The third-order valence-corrected chi connectivity index (χ3v) is 16.3. The number of benzene rings is 2. The van der Waals surface area contributed by atoms with Crippen molar-refractivity contribution >= 4 is 106 Å². The van der Waals surface area contributed by atoms with Crippen molar-refractivity contribution in [3.05, 3.63) is 101 Å². The van der Waals surface area contributed by atoms with Crippen molar-refractivity contribution in [2.75, 3.05) is 92.4 Å². The van der Waals surface area contributed by atoms with Gasteiger partial charge in [-0.25, -0.2) is 27.2 Å². The van der Waals surface area contributed by atoms with Gasteiger partial charge in [0.1, 0.15) is 13.2 Å². The van der Waals surface area contributed by atoms with Crippen molar-refractivity contribution in [2.24, 2.45) is 0 Å². The molecule has 0 bridgehead atoms. The number of nitrogens with one attached hydrogen (secondary N) is 1. The number of carbonyl (C=O) groups excluding carboxylic acids is 2. The molecule has 458 valence electrons. The Bertz CT molecular complexity index is 2420. The Kier molecular flexibility index (Phi) is 45.1. The van der Waals surface area contributed by atoms with Crippen molar-refractivity contribution in [3.8, 4) is 0 Å². The normalized spacial score (nSPS) is 11.9. The zero-order valence-electron chi connectivity index (χ0n) is 50.0. The molecule has 1 atom stereocenters. The van der Waals surface area contributed by atoms with Crippen LogP contribution in [0.15, 0.2) is 67.3 Å². The number of aliphatic hydroxyl groups is 1. The first-order chi connectivity index (χ1) is 39.3. The van der Waals surface area contributed by atoms with E-state index in [1.807, 2.05) is 70.1 Å². The summed E-state index contributed by atoms with van der Waals surface area (Å²) in [5.41, 5.74) is 8.70. The predicted octanol–water partition coefficient (Wildman–Crippen LogP) is 12.1. The van der Waals surface area contributed by atoms with Crippen molar-refractivity contribution in [1.82, 2.24) is 43.8 Å². The molecule has 0 spiro atoms. The van der Waals surface area contributed by atoms with Gasteiger partial charge < -0.3 is 56.4 Å². The van der Waals surface area contributed by atoms with Crippen LogP contribution < -0.4 is 0 Å². The quantitative estimate of drug-likeness (QED) is 0.00967. The smallest absolute Gasteiger partial charge is 0.259 e. The van der Waals surface area contributed by atoms with E-state index >= 15 is 0 Å². The molecule has 5 aromatic rings. The van der Waals surface area contributed by atoms with Gasteiger partial charge in [-0.05, 0) is 95.2 Å². The van der Waals surface area contributed by atoms with Crippen molar-refractivity contribution in [2.45, 2.75) is 132 Å². The number of hydrogen-bond donors (Lipinski definition) is 2. The number of aromatic nitrogens is 6. The molecule has 5 rings (SSSR count). The first-order valence-corrected chi connectivity index (χ1v) is 43.4. The number of aromatic amines is 1. The maximum atomic E-state index is 11.3. The number of ether oxygens (including phenoxy) is 4. The van der Waals surface area contributed by atoms with Crippen LogP contribution in [0, 0.1) is 13.1 Å². The van der Waals surface area contributed by atoms with E-state index in [9.17, 15) is 9.59 Å². The molecule has 1 unspecified atom stereocenters. The molecule has 0 aliphatic carbocycles. The zero-order chi connectivity index (χ0) is 61.2. The largest absolute Gasteiger partial charge is 0.377 e. The second kappa shape index (κ2) is 47.7. The molecule has 0 aliphatic rings. The summed E-state index contributed by atoms with van der Waals surface area (Å²) >= 11 is 3.71. The third kappa shape index (κ3) is 31.8. The number of aldehydes is 2. The number of aliphatic hydroxyl groups excluding tert-OH is 1. The fourth-order valence-corrected chi connectivity index (χ4v) is 12.1. The monoisotopic (exact) mass is 1520 g/mol. The minimum Gasteiger partial charge on any atom is -0.377 e. The second-order valence-electron chi connectivity index (χ2n) is 19.2. The third-order valence-electron chi connectivity index (χ3n) is 11.1. The van der Waals surface area contributed by atoms with Gasteiger partial charge in [-0.1, -0.05) is 41.6 Å². The molecule has 0 aliphatic heterocycles. The van der Waals surface area contributed by atoms with Gasteiger partial charge in [-0.15, -0.1) is 10.2 Å². The molecule has 21 nitrogen and oxygen atoms in total. The van der Waals surface area contributed by atoms with Gasteiger partial charge in [0.15, 0.2) is 27.3 Å². The standard InChI is InChI=1S/C24H36N3O5P.C15H32N3OP.C15H19NO4.CH2N4.BI3/c1-20(2)27(21(3)4)33(31-12-10-25-5)32-17-16-30-15-14-29-13-11-26-18-22(19-28)23-8-6-7-9-24(23)26;1-12(2)17(13(3)4)20(19-11-10-16-9)18(14(5)6)15(7)8;17-6-8-20-10-9-19-7-5-16-11-13(12-18)14-3-1-2-4-15(14)16;1-2-4-5-3-1;1-4(2)3/h6-9,18-21H,10-17H2,1-4H3;12-15H,10-11H2,1-8H3;1-4,11-12,17H,5-10H2;1H,(H,2,3,4,5);. The van der Waals surface area contributed by atoms with E-state index in [2.05, 4.69) is 165 Å². The first-order valence-electron chi connectivity index (χ1n) is 27.2. The Hall–Kier alpha value is -2.42. The summed E-state index contributed by atoms with van der Waals surface area (Å²) in [6, 6.07) is 17.9. The van der Waals surface area contributed by atoms with Gasteiger partial charge in [0.05, 0.1) is 66.1 Å². The topological polar surface area (TPSA) is 202 Å². The minimum absolute atomic E-state index is 0.0316. The molecule has 0 amide bonds. The van der Waals surface area contributed by atoms with Gasteiger partial charge in [0.2, 0.25) is 13.1 Å². The summed E-state index contributed by atoms with van der Waals surface area (Å²) in [4.78, 5) is 29.0.